The zero-order chi connectivity index (χ0) is 24.2. The number of nitrogens with one attached hydrogen (secondary N) is 1. The van der Waals surface area contributed by atoms with Gasteiger partial charge < -0.3 is 24.1 Å². The summed E-state index contributed by atoms with van der Waals surface area (Å²) in [7, 11) is 0. The summed E-state index contributed by atoms with van der Waals surface area (Å²) in [5.74, 6) is 1.43. The van der Waals surface area contributed by atoms with Crippen LogP contribution in [0.3, 0.4) is 0 Å². The standard InChI is InChI=1S/C24H26FN5O4S/c1-16(23(31)26-19-6-7-20-21(14-19)34-15-33-20)35-24-28-27-22(17-2-4-18(25)5-3-17)30(24)9-8-29-10-12-32-13-11-29/h2-7,14,16H,8-13,15H2,1H3,(H,26,31)/t16-/m1/s1. The summed E-state index contributed by atoms with van der Waals surface area (Å²) in [6.45, 7) is 6.59. The summed E-state index contributed by atoms with van der Waals surface area (Å²) in [5, 5.41) is 11.9. The number of nitrogens with zero attached hydrogens (tertiary/aromatic N) is 4. The Labute approximate surface area is 206 Å². The third-order valence-corrected chi connectivity index (χ3v) is 6.93. The predicted octanol–water partition coefficient (Wildman–Crippen LogP) is 3.26. The average Bonchev–Trinajstić information content (AvgIpc) is 3.50. The van der Waals surface area contributed by atoms with E-state index >= 15 is 0 Å². The van der Waals surface area contributed by atoms with E-state index in [1.54, 1.807) is 30.3 Å². The Morgan fingerprint density at radius 3 is 2.66 bits per heavy atom. The lowest BCUT2D eigenvalue weighted by molar-refractivity contribution is -0.115. The Morgan fingerprint density at radius 1 is 1.09 bits per heavy atom. The number of amides is 1. The van der Waals surface area contributed by atoms with Crippen molar-refractivity contribution in [3.8, 4) is 22.9 Å². The smallest absolute Gasteiger partial charge is 0.237 e. The van der Waals surface area contributed by atoms with Crippen molar-refractivity contribution < 1.29 is 23.4 Å². The number of morpholine rings is 1. The molecule has 0 radical (unpaired) electrons. The molecule has 0 spiro atoms. The molecule has 3 heterocycles. The minimum Gasteiger partial charge on any atom is -0.454 e. The summed E-state index contributed by atoms with van der Waals surface area (Å²) in [6, 6.07) is 11.5. The van der Waals surface area contributed by atoms with Crippen molar-refractivity contribution in [3.05, 3.63) is 48.3 Å². The van der Waals surface area contributed by atoms with E-state index in [0.717, 1.165) is 25.2 Å². The largest absolute Gasteiger partial charge is 0.454 e. The molecule has 0 saturated carbocycles. The average molecular weight is 500 g/mol. The van der Waals surface area contributed by atoms with Gasteiger partial charge in [0.1, 0.15) is 5.82 Å². The zero-order valence-corrected chi connectivity index (χ0v) is 20.1. The van der Waals surface area contributed by atoms with Gasteiger partial charge in [-0.15, -0.1) is 10.2 Å². The van der Waals surface area contributed by atoms with Crippen LogP contribution >= 0.6 is 11.8 Å². The minimum atomic E-state index is -0.437. The van der Waals surface area contributed by atoms with Gasteiger partial charge in [0.15, 0.2) is 22.5 Å². The number of fused-ring (bicyclic) bond motifs is 1. The number of thioether (sulfide) groups is 1. The van der Waals surface area contributed by atoms with Crippen LogP contribution in [-0.4, -0.2) is 70.5 Å². The van der Waals surface area contributed by atoms with Crippen molar-refractivity contribution in [1.29, 1.82) is 0 Å². The van der Waals surface area contributed by atoms with E-state index < -0.39 is 5.25 Å². The fraction of sp³-hybridized carbons (Fsp3) is 0.375. The number of carbonyl (C=O) groups is 1. The van der Waals surface area contributed by atoms with Crippen LogP contribution in [-0.2, 0) is 16.1 Å². The lowest BCUT2D eigenvalue weighted by Crippen LogP contribution is -2.38. The van der Waals surface area contributed by atoms with Crippen molar-refractivity contribution in [2.24, 2.45) is 0 Å². The van der Waals surface area contributed by atoms with Crippen LogP contribution in [0.25, 0.3) is 11.4 Å². The highest BCUT2D eigenvalue weighted by Gasteiger charge is 2.23. The van der Waals surface area contributed by atoms with Crippen LogP contribution in [0.1, 0.15) is 6.92 Å². The molecule has 2 aromatic carbocycles. The molecule has 11 heteroatoms. The Balaban J connectivity index is 1.31. The summed E-state index contributed by atoms with van der Waals surface area (Å²) in [4.78, 5) is 15.2. The van der Waals surface area contributed by atoms with Gasteiger partial charge in [0, 0.05) is 43.5 Å². The first-order valence-electron chi connectivity index (χ1n) is 11.4. The lowest BCUT2D eigenvalue weighted by atomic mass is 10.2. The molecule has 0 aliphatic carbocycles. The van der Waals surface area contributed by atoms with Crippen molar-refractivity contribution in [2.75, 3.05) is 45.0 Å². The van der Waals surface area contributed by atoms with E-state index in [9.17, 15) is 9.18 Å². The Kier molecular flexibility index (Phi) is 7.16. The molecule has 5 rings (SSSR count). The van der Waals surface area contributed by atoms with Gasteiger partial charge in [-0.05, 0) is 43.3 Å². The fourth-order valence-corrected chi connectivity index (χ4v) is 4.76. The van der Waals surface area contributed by atoms with Crippen LogP contribution in [0.15, 0.2) is 47.6 Å². The molecule has 0 bridgehead atoms. The maximum absolute atomic E-state index is 13.5. The zero-order valence-electron chi connectivity index (χ0n) is 19.3. The molecule has 1 fully saturated rings. The van der Waals surface area contributed by atoms with Crippen LogP contribution in [0.5, 0.6) is 11.5 Å². The molecule has 184 valence electrons. The van der Waals surface area contributed by atoms with Crippen molar-refractivity contribution in [2.45, 2.75) is 23.9 Å². The highest BCUT2D eigenvalue weighted by Crippen LogP contribution is 2.34. The molecule has 2 aliphatic rings. The van der Waals surface area contributed by atoms with Crippen LogP contribution in [0.4, 0.5) is 10.1 Å². The van der Waals surface area contributed by atoms with Crippen LogP contribution < -0.4 is 14.8 Å². The molecule has 9 nitrogen and oxygen atoms in total. The number of benzene rings is 2. The first kappa shape index (κ1) is 23.6. The van der Waals surface area contributed by atoms with Gasteiger partial charge in [0.05, 0.1) is 18.5 Å². The van der Waals surface area contributed by atoms with Gasteiger partial charge in [-0.3, -0.25) is 9.69 Å². The van der Waals surface area contributed by atoms with Crippen LogP contribution in [0.2, 0.25) is 0 Å². The molecular weight excluding hydrogens is 473 g/mol. The summed E-state index contributed by atoms with van der Waals surface area (Å²) in [6.07, 6.45) is 0. The highest BCUT2D eigenvalue weighted by atomic mass is 32.2. The summed E-state index contributed by atoms with van der Waals surface area (Å²) >= 11 is 1.33. The third-order valence-electron chi connectivity index (χ3n) is 5.85. The normalized spacial score (nSPS) is 16.3. The SMILES string of the molecule is C[C@@H](Sc1nnc(-c2ccc(F)cc2)n1CCN1CCOCC1)C(=O)Nc1ccc2c(c1)OCO2. The van der Waals surface area contributed by atoms with E-state index in [-0.39, 0.29) is 18.5 Å². The van der Waals surface area contributed by atoms with Gasteiger partial charge in [-0.2, -0.15) is 0 Å². The number of hydrogen-bond donors (Lipinski definition) is 1. The number of carbonyl (C=O) groups excluding carboxylic acids is 1. The predicted molar refractivity (Wildman–Crippen MR) is 129 cm³/mol. The molecule has 1 N–H and O–H groups in total. The van der Waals surface area contributed by atoms with E-state index in [1.165, 1.54) is 23.9 Å². The first-order chi connectivity index (χ1) is 17.1. The molecule has 0 unspecified atom stereocenters. The lowest BCUT2D eigenvalue weighted by Gasteiger charge is -2.27. The van der Waals surface area contributed by atoms with Crippen molar-refractivity contribution >= 4 is 23.4 Å². The van der Waals surface area contributed by atoms with E-state index in [2.05, 4.69) is 20.4 Å². The molecule has 3 aromatic rings. The number of anilines is 1. The topological polar surface area (TPSA) is 90.7 Å². The maximum atomic E-state index is 13.5. The fourth-order valence-electron chi connectivity index (χ4n) is 3.89. The van der Waals surface area contributed by atoms with E-state index in [4.69, 9.17) is 14.2 Å². The molecular formula is C24H26FN5O4S. The van der Waals surface area contributed by atoms with E-state index in [1.807, 2.05) is 11.5 Å². The van der Waals surface area contributed by atoms with E-state index in [0.29, 0.717) is 47.9 Å². The number of rotatable bonds is 8. The number of aromatic nitrogens is 3. The molecule has 2 aliphatic heterocycles. The third kappa shape index (κ3) is 5.58. The van der Waals surface area contributed by atoms with Crippen LogP contribution in [0, 0.1) is 5.82 Å². The molecule has 1 amide bonds. The highest BCUT2D eigenvalue weighted by molar-refractivity contribution is 8.00. The van der Waals surface area contributed by atoms with Crippen molar-refractivity contribution in [3.63, 3.8) is 0 Å². The van der Waals surface area contributed by atoms with Gasteiger partial charge in [0.25, 0.3) is 0 Å². The second-order valence-electron chi connectivity index (χ2n) is 8.24. The number of halogens is 1. The second kappa shape index (κ2) is 10.6. The molecule has 1 saturated heterocycles. The maximum Gasteiger partial charge on any atom is 0.237 e. The molecule has 1 aromatic heterocycles. The molecule has 35 heavy (non-hydrogen) atoms. The summed E-state index contributed by atoms with van der Waals surface area (Å²) < 4.78 is 31.6. The van der Waals surface area contributed by atoms with Gasteiger partial charge >= 0.3 is 0 Å². The monoisotopic (exact) mass is 499 g/mol. The second-order valence-corrected chi connectivity index (χ2v) is 9.54. The number of hydrogen-bond acceptors (Lipinski definition) is 8. The summed E-state index contributed by atoms with van der Waals surface area (Å²) in [5.41, 5.74) is 1.40. The first-order valence-corrected chi connectivity index (χ1v) is 12.3. The number of ether oxygens (including phenoxy) is 3. The quantitative estimate of drug-likeness (QED) is 0.473. The molecule has 1 atom stereocenters. The Morgan fingerprint density at radius 2 is 1.86 bits per heavy atom. The van der Waals surface area contributed by atoms with Gasteiger partial charge in [-0.25, -0.2) is 4.39 Å². The van der Waals surface area contributed by atoms with Gasteiger partial charge in [-0.1, -0.05) is 11.8 Å². The van der Waals surface area contributed by atoms with Crippen molar-refractivity contribution in [1.82, 2.24) is 19.7 Å². The minimum absolute atomic E-state index is 0.167. The Hall–Kier alpha value is -3.15. The van der Waals surface area contributed by atoms with Gasteiger partial charge in [0.2, 0.25) is 12.7 Å². The Bertz CT molecular complexity index is 1180.